The number of hydrogen-bond donors (Lipinski definition) is 1. The summed E-state index contributed by atoms with van der Waals surface area (Å²) in [6, 6.07) is 7.49. The van der Waals surface area contributed by atoms with Crippen molar-refractivity contribution in [3.8, 4) is 17.3 Å². The molecule has 0 radical (unpaired) electrons. The number of hydrogen-bond acceptors (Lipinski definition) is 5. The fraction of sp³-hybridized carbons (Fsp3) is 0.522. The Kier molecular flexibility index (Phi) is 5.50. The van der Waals surface area contributed by atoms with Gasteiger partial charge in [-0.1, -0.05) is 43.5 Å². The quantitative estimate of drug-likeness (QED) is 0.780. The summed E-state index contributed by atoms with van der Waals surface area (Å²) in [6.07, 6.45) is 6.38. The zero-order valence-electron chi connectivity index (χ0n) is 17.1. The number of anilines is 1. The van der Waals surface area contributed by atoms with Gasteiger partial charge in [0.25, 0.3) is 0 Å². The molecule has 0 unspecified atom stereocenters. The largest absolute Gasteiger partial charge is 0.390 e. The predicted molar refractivity (Wildman–Crippen MR) is 115 cm³/mol. The van der Waals surface area contributed by atoms with E-state index in [1.54, 1.807) is 12.1 Å². The average Bonchev–Trinajstić information content (AvgIpc) is 3.08. The summed E-state index contributed by atoms with van der Waals surface area (Å²) in [7, 11) is 0. The van der Waals surface area contributed by atoms with Gasteiger partial charge in [0.05, 0.1) is 28.6 Å². The summed E-state index contributed by atoms with van der Waals surface area (Å²) in [5.74, 6) is 1.57. The number of aryl methyl sites for hydroxylation is 1. The van der Waals surface area contributed by atoms with E-state index in [1.165, 1.54) is 32.1 Å². The normalized spacial score (nSPS) is 20.8. The van der Waals surface area contributed by atoms with Crippen LogP contribution in [0.3, 0.4) is 0 Å². The first-order chi connectivity index (χ1) is 14.0. The van der Waals surface area contributed by atoms with E-state index in [0.29, 0.717) is 33.0 Å². The fourth-order valence-electron chi connectivity index (χ4n) is 5.21. The molecule has 1 saturated heterocycles. The molecule has 1 N–H and O–H groups in total. The predicted octanol–water partition coefficient (Wildman–Crippen LogP) is 4.88. The molecule has 2 aromatic rings. The molecule has 29 heavy (non-hydrogen) atoms. The molecular formula is C23H27ClN4O. The van der Waals surface area contributed by atoms with E-state index < -0.39 is 0 Å². The smallest absolute Gasteiger partial charge is 0.153 e. The standard InChI is InChI=1S/C23H27ClN4O/c1-15-5-4-8-23(15)9-11-28(12-10-23)22-20(14-29)27-21(16(2)26-22)17-6-3-7-19(24)18(17)13-25/h3,6-7,15,29H,4-5,8-12,14H2,1-2H3/t15-/m1/s1. The van der Waals surface area contributed by atoms with E-state index >= 15 is 0 Å². The van der Waals surface area contributed by atoms with Gasteiger partial charge in [0.1, 0.15) is 11.8 Å². The molecule has 1 atom stereocenters. The molecule has 2 aliphatic rings. The number of aliphatic hydroxyl groups excluding tert-OH is 1. The van der Waals surface area contributed by atoms with Crippen LogP contribution in [-0.4, -0.2) is 28.2 Å². The number of nitriles is 1. The SMILES string of the molecule is Cc1nc(N2CCC3(CCC[C@H]3C)CC2)c(CO)nc1-c1cccc(Cl)c1C#N. The van der Waals surface area contributed by atoms with Crippen LogP contribution in [0.2, 0.25) is 5.02 Å². The molecule has 2 heterocycles. The molecule has 4 rings (SSSR count). The van der Waals surface area contributed by atoms with Crippen LogP contribution in [-0.2, 0) is 6.61 Å². The van der Waals surface area contributed by atoms with Crippen molar-refractivity contribution in [1.82, 2.24) is 9.97 Å². The van der Waals surface area contributed by atoms with Gasteiger partial charge in [-0.3, -0.25) is 0 Å². The molecule has 1 aliphatic carbocycles. The molecule has 1 aromatic heterocycles. The van der Waals surface area contributed by atoms with E-state index in [4.69, 9.17) is 21.6 Å². The average molecular weight is 411 g/mol. The fourth-order valence-corrected chi connectivity index (χ4v) is 5.43. The second-order valence-corrected chi connectivity index (χ2v) is 8.91. The highest BCUT2D eigenvalue weighted by Crippen LogP contribution is 2.50. The molecule has 0 amide bonds. The lowest BCUT2D eigenvalue weighted by Gasteiger charge is -2.43. The molecule has 152 valence electrons. The monoisotopic (exact) mass is 410 g/mol. The van der Waals surface area contributed by atoms with E-state index in [-0.39, 0.29) is 6.61 Å². The summed E-state index contributed by atoms with van der Waals surface area (Å²) < 4.78 is 0. The maximum Gasteiger partial charge on any atom is 0.153 e. The van der Waals surface area contributed by atoms with Gasteiger partial charge in [0, 0.05) is 18.7 Å². The molecule has 1 saturated carbocycles. The van der Waals surface area contributed by atoms with Crippen molar-refractivity contribution in [2.45, 2.75) is 52.6 Å². The van der Waals surface area contributed by atoms with E-state index in [2.05, 4.69) is 17.9 Å². The van der Waals surface area contributed by atoms with Gasteiger partial charge in [-0.2, -0.15) is 5.26 Å². The van der Waals surface area contributed by atoms with Crippen LogP contribution in [0.5, 0.6) is 0 Å². The third kappa shape index (κ3) is 3.49. The van der Waals surface area contributed by atoms with Gasteiger partial charge in [0.2, 0.25) is 0 Å². The van der Waals surface area contributed by atoms with Gasteiger partial charge in [-0.25, -0.2) is 9.97 Å². The number of benzene rings is 1. The Morgan fingerprint density at radius 1 is 1.28 bits per heavy atom. The molecule has 1 aliphatic heterocycles. The molecule has 1 aromatic carbocycles. The second kappa shape index (κ2) is 7.93. The van der Waals surface area contributed by atoms with Crippen molar-refractivity contribution in [1.29, 1.82) is 5.26 Å². The summed E-state index contributed by atoms with van der Waals surface area (Å²) in [5, 5.41) is 19.9. The van der Waals surface area contributed by atoms with Gasteiger partial charge in [0.15, 0.2) is 5.82 Å². The molecule has 1 spiro atoms. The first-order valence-corrected chi connectivity index (χ1v) is 10.8. The lowest BCUT2D eigenvalue weighted by Crippen LogP contribution is -2.42. The van der Waals surface area contributed by atoms with Crippen molar-refractivity contribution >= 4 is 17.4 Å². The number of nitrogens with zero attached hydrogens (tertiary/aromatic N) is 4. The van der Waals surface area contributed by atoms with Crippen LogP contribution in [0, 0.1) is 29.6 Å². The van der Waals surface area contributed by atoms with E-state index in [0.717, 1.165) is 30.5 Å². The summed E-state index contributed by atoms with van der Waals surface area (Å²) in [5.41, 5.74) is 3.44. The second-order valence-electron chi connectivity index (χ2n) is 8.50. The van der Waals surface area contributed by atoms with Crippen molar-refractivity contribution in [3.05, 3.63) is 40.2 Å². The maximum absolute atomic E-state index is 10.0. The van der Waals surface area contributed by atoms with Gasteiger partial charge in [-0.15, -0.1) is 0 Å². The Labute approximate surface area is 177 Å². The van der Waals surface area contributed by atoms with Crippen LogP contribution in [0.4, 0.5) is 5.82 Å². The number of aromatic nitrogens is 2. The Hall–Kier alpha value is -2.16. The molecular weight excluding hydrogens is 384 g/mol. The van der Waals surface area contributed by atoms with Crippen LogP contribution in [0.25, 0.3) is 11.3 Å². The Morgan fingerprint density at radius 2 is 2.03 bits per heavy atom. The molecule has 0 bridgehead atoms. The van der Waals surface area contributed by atoms with E-state index in [1.807, 2.05) is 13.0 Å². The minimum Gasteiger partial charge on any atom is -0.390 e. The minimum absolute atomic E-state index is 0.184. The van der Waals surface area contributed by atoms with Crippen LogP contribution in [0.1, 0.15) is 56.0 Å². The number of halogens is 1. The molecule has 6 heteroatoms. The number of rotatable bonds is 3. The van der Waals surface area contributed by atoms with Gasteiger partial charge < -0.3 is 10.0 Å². The number of aliphatic hydroxyl groups is 1. The third-order valence-electron chi connectivity index (χ3n) is 7.07. The van der Waals surface area contributed by atoms with Crippen molar-refractivity contribution in [2.75, 3.05) is 18.0 Å². The van der Waals surface area contributed by atoms with Crippen LogP contribution in [0.15, 0.2) is 18.2 Å². The topological polar surface area (TPSA) is 73.0 Å². The molecule has 2 fully saturated rings. The highest BCUT2D eigenvalue weighted by molar-refractivity contribution is 6.32. The summed E-state index contributed by atoms with van der Waals surface area (Å²) in [4.78, 5) is 11.8. The Bertz CT molecular complexity index is 960. The van der Waals surface area contributed by atoms with Crippen LogP contribution < -0.4 is 4.90 Å². The van der Waals surface area contributed by atoms with Gasteiger partial charge >= 0.3 is 0 Å². The zero-order chi connectivity index (χ0) is 20.6. The summed E-state index contributed by atoms with van der Waals surface area (Å²) in [6.45, 7) is 6.02. The lowest BCUT2D eigenvalue weighted by atomic mass is 9.71. The van der Waals surface area contributed by atoms with Crippen molar-refractivity contribution in [3.63, 3.8) is 0 Å². The summed E-state index contributed by atoms with van der Waals surface area (Å²) >= 11 is 6.20. The highest BCUT2D eigenvalue weighted by Gasteiger charge is 2.42. The highest BCUT2D eigenvalue weighted by atomic mass is 35.5. The number of piperidine rings is 1. The van der Waals surface area contributed by atoms with Gasteiger partial charge in [-0.05, 0) is 43.6 Å². The Balaban J connectivity index is 1.67. The third-order valence-corrected chi connectivity index (χ3v) is 7.38. The zero-order valence-corrected chi connectivity index (χ0v) is 17.8. The van der Waals surface area contributed by atoms with Crippen molar-refractivity contribution < 1.29 is 5.11 Å². The molecule has 5 nitrogen and oxygen atoms in total. The van der Waals surface area contributed by atoms with Crippen LogP contribution >= 0.6 is 11.6 Å². The first-order valence-electron chi connectivity index (χ1n) is 10.4. The first kappa shape index (κ1) is 20.1. The minimum atomic E-state index is -0.184. The Morgan fingerprint density at radius 3 is 2.66 bits per heavy atom. The lowest BCUT2D eigenvalue weighted by molar-refractivity contribution is 0.161. The van der Waals surface area contributed by atoms with E-state index in [9.17, 15) is 10.4 Å². The van der Waals surface area contributed by atoms with Crippen molar-refractivity contribution in [2.24, 2.45) is 11.3 Å². The maximum atomic E-state index is 10.0.